The van der Waals surface area contributed by atoms with Gasteiger partial charge in [0.1, 0.15) is 0 Å². The molecule has 0 bridgehead atoms. The van der Waals surface area contributed by atoms with Crippen molar-refractivity contribution in [2.75, 3.05) is 7.05 Å². The first kappa shape index (κ1) is 13.8. The Morgan fingerprint density at radius 2 is 2.32 bits per heavy atom. The van der Waals surface area contributed by atoms with Crippen LogP contribution >= 0.6 is 11.8 Å². The molecule has 0 aliphatic heterocycles. The Morgan fingerprint density at radius 3 is 2.79 bits per heavy atom. The Morgan fingerprint density at radius 1 is 1.53 bits per heavy atom. The number of H-pyrrole nitrogens is 1. The van der Waals surface area contributed by atoms with Gasteiger partial charge in [-0.3, -0.25) is 9.55 Å². The van der Waals surface area contributed by atoms with Gasteiger partial charge in [-0.1, -0.05) is 6.92 Å². The van der Waals surface area contributed by atoms with Crippen molar-refractivity contribution in [2.24, 2.45) is 7.05 Å². The minimum absolute atomic E-state index is 0.215. The van der Waals surface area contributed by atoms with E-state index in [0.29, 0.717) is 5.16 Å². The molecule has 102 valence electrons. The zero-order valence-corrected chi connectivity index (χ0v) is 12.0. The molecule has 19 heavy (non-hydrogen) atoms. The summed E-state index contributed by atoms with van der Waals surface area (Å²) < 4.78 is 1.47. The first-order valence-electron chi connectivity index (χ1n) is 6.08. The highest BCUT2D eigenvalue weighted by atomic mass is 32.2. The van der Waals surface area contributed by atoms with Crippen molar-refractivity contribution in [3.05, 3.63) is 34.5 Å². The Hall–Kier alpha value is -1.60. The van der Waals surface area contributed by atoms with Crippen molar-refractivity contribution >= 4 is 11.8 Å². The lowest BCUT2D eigenvalue weighted by Gasteiger charge is -2.13. The van der Waals surface area contributed by atoms with E-state index in [1.807, 2.05) is 19.2 Å². The molecular weight excluding hydrogens is 262 g/mol. The minimum atomic E-state index is -0.215. The average Bonchev–Trinajstić information content (AvgIpc) is 2.74. The fourth-order valence-corrected chi connectivity index (χ4v) is 2.51. The molecule has 0 aliphatic rings. The summed E-state index contributed by atoms with van der Waals surface area (Å²) in [4.78, 5) is 16.7. The van der Waals surface area contributed by atoms with Crippen LogP contribution in [-0.4, -0.2) is 26.8 Å². The molecule has 0 fully saturated rings. The Bertz CT molecular complexity index is 585. The second-order valence-electron chi connectivity index (χ2n) is 4.14. The Balaban J connectivity index is 2.15. The van der Waals surface area contributed by atoms with E-state index in [9.17, 15) is 4.79 Å². The van der Waals surface area contributed by atoms with Crippen LogP contribution in [0, 0.1) is 0 Å². The molecule has 0 spiro atoms. The van der Waals surface area contributed by atoms with Crippen LogP contribution in [0.2, 0.25) is 0 Å². The van der Waals surface area contributed by atoms with Gasteiger partial charge < -0.3 is 5.32 Å². The smallest absolute Gasteiger partial charge is 0.312 e. The summed E-state index contributed by atoms with van der Waals surface area (Å²) in [6.07, 6.45) is 2.79. The van der Waals surface area contributed by atoms with Crippen LogP contribution in [0.5, 0.6) is 0 Å². The van der Waals surface area contributed by atoms with Gasteiger partial charge in [-0.15, -0.1) is 5.10 Å². The van der Waals surface area contributed by atoms with Crippen LogP contribution in [0.25, 0.3) is 0 Å². The van der Waals surface area contributed by atoms with Gasteiger partial charge in [0, 0.05) is 24.2 Å². The number of aromatic amines is 1. The molecule has 0 amide bonds. The van der Waals surface area contributed by atoms with Crippen LogP contribution in [-0.2, 0) is 7.05 Å². The zero-order valence-electron chi connectivity index (χ0n) is 11.2. The number of nitrogens with one attached hydrogen (secondary N) is 2. The Labute approximate surface area is 115 Å². The molecule has 2 heterocycles. The maximum atomic E-state index is 11.3. The van der Waals surface area contributed by atoms with Gasteiger partial charge in [0.05, 0.1) is 5.69 Å². The summed E-state index contributed by atoms with van der Waals surface area (Å²) in [5.74, 6) is 0. The highest BCUT2D eigenvalue weighted by Gasteiger charge is 2.10. The lowest BCUT2D eigenvalue weighted by atomic mass is 10.1. The quantitative estimate of drug-likeness (QED) is 0.863. The molecule has 1 atom stereocenters. The fourth-order valence-electron chi connectivity index (χ4n) is 1.75. The molecule has 2 aromatic heterocycles. The van der Waals surface area contributed by atoms with Crippen molar-refractivity contribution in [1.29, 1.82) is 0 Å². The van der Waals surface area contributed by atoms with E-state index in [-0.39, 0.29) is 11.7 Å². The number of rotatable bonds is 5. The van der Waals surface area contributed by atoms with Crippen molar-refractivity contribution in [3.8, 4) is 0 Å². The minimum Gasteiger partial charge on any atom is -0.312 e. The number of aromatic nitrogens is 4. The first-order chi connectivity index (χ1) is 9.15. The predicted octanol–water partition coefficient (Wildman–Crippen LogP) is 1.33. The molecule has 0 aromatic carbocycles. The van der Waals surface area contributed by atoms with Gasteiger partial charge in [0.15, 0.2) is 5.16 Å². The van der Waals surface area contributed by atoms with Crippen molar-refractivity contribution in [2.45, 2.75) is 29.4 Å². The molecule has 0 aliphatic carbocycles. The first-order valence-corrected chi connectivity index (χ1v) is 6.89. The molecule has 2 aromatic rings. The van der Waals surface area contributed by atoms with Gasteiger partial charge in [-0.25, -0.2) is 9.89 Å². The van der Waals surface area contributed by atoms with Crippen LogP contribution < -0.4 is 11.0 Å². The highest BCUT2D eigenvalue weighted by molar-refractivity contribution is 7.99. The van der Waals surface area contributed by atoms with Crippen molar-refractivity contribution in [1.82, 2.24) is 25.1 Å². The molecule has 0 saturated carbocycles. The lowest BCUT2D eigenvalue weighted by Crippen LogP contribution is -2.16. The molecule has 2 N–H and O–H groups in total. The SMILES string of the molecule is CCC(NC)c1ccc(Sc2n[nH]c(=O)n2C)cn1. The van der Waals surface area contributed by atoms with Gasteiger partial charge in [0.25, 0.3) is 0 Å². The van der Waals surface area contributed by atoms with Crippen LogP contribution in [0.1, 0.15) is 25.1 Å². The molecular formula is C12H17N5OS. The standard InChI is InChI=1S/C12H17N5OS/c1-4-9(13-2)10-6-5-8(7-14-10)19-12-16-15-11(18)17(12)3/h5-7,9,13H,4H2,1-3H3,(H,15,18). The molecule has 0 saturated heterocycles. The second kappa shape index (κ2) is 6.03. The topological polar surface area (TPSA) is 75.6 Å². The van der Waals surface area contributed by atoms with Gasteiger partial charge in [0.2, 0.25) is 0 Å². The molecule has 7 heteroatoms. The van der Waals surface area contributed by atoms with Crippen molar-refractivity contribution < 1.29 is 0 Å². The summed E-state index contributed by atoms with van der Waals surface area (Å²) in [5.41, 5.74) is 0.804. The van der Waals surface area contributed by atoms with E-state index < -0.39 is 0 Å². The predicted molar refractivity (Wildman–Crippen MR) is 74.3 cm³/mol. The van der Waals surface area contributed by atoms with Crippen molar-refractivity contribution in [3.63, 3.8) is 0 Å². The maximum Gasteiger partial charge on any atom is 0.343 e. The van der Waals surface area contributed by atoms with E-state index in [4.69, 9.17) is 0 Å². The summed E-state index contributed by atoms with van der Waals surface area (Å²) in [5, 5.41) is 10.2. The fraction of sp³-hybridized carbons (Fsp3) is 0.417. The molecule has 2 rings (SSSR count). The third kappa shape index (κ3) is 3.05. The largest absolute Gasteiger partial charge is 0.343 e. The summed E-state index contributed by atoms with van der Waals surface area (Å²) >= 11 is 1.41. The Kier molecular flexibility index (Phi) is 4.39. The second-order valence-corrected chi connectivity index (χ2v) is 5.18. The van der Waals surface area contributed by atoms with E-state index in [1.54, 1.807) is 13.2 Å². The normalized spacial score (nSPS) is 12.6. The summed E-state index contributed by atoms with van der Waals surface area (Å²) in [6, 6.07) is 4.26. The number of hydrogen-bond donors (Lipinski definition) is 2. The van der Waals surface area contributed by atoms with E-state index in [0.717, 1.165) is 17.0 Å². The van der Waals surface area contributed by atoms with E-state index >= 15 is 0 Å². The molecule has 1 unspecified atom stereocenters. The molecule has 0 radical (unpaired) electrons. The van der Waals surface area contributed by atoms with Crippen LogP contribution in [0.4, 0.5) is 0 Å². The van der Waals surface area contributed by atoms with E-state index in [2.05, 4.69) is 27.4 Å². The average molecular weight is 279 g/mol. The summed E-state index contributed by atoms with van der Waals surface area (Å²) in [6.45, 7) is 2.12. The molecule has 6 nitrogen and oxygen atoms in total. The number of hydrogen-bond acceptors (Lipinski definition) is 5. The zero-order chi connectivity index (χ0) is 13.8. The highest BCUT2D eigenvalue weighted by Crippen LogP contribution is 2.25. The third-order valence-corrected chi connectivity index (χ3v) is 3.95. The lowest BCUT2D eigenvalue weighted by molar-refractivity contribution is 0.561. The van der Waals surface area contributed by atoms with Gasteiger partial charge >= 0.3 is 5.69 Å². The third-order valence-electron chi connectivity index (χ3n) is 2.92. The van der Waals surface area contributed by atoms with Gasteiger partial charge in [-0.05, 0) is 37.4 Å². The maximum absolute atomic E-state index is 11.3. The van der Waals surface area contributed by atoms with Gasteiger partial charge in [-0.2, -0.15) is 0 Å². The monoisotopic (exact) mass is 279 g/mol. The van der Waals surface area contributed by atoms with Crippen LogP contribution in [0.15, 0.2) is 33.2 Å². The van der Waals surface area contributed by atoms with E-state index in [1.165, 1.54) is 16.3 Å². The summed E-state index contributed by atoms with van der Waals surface area (Å²) in [7, 11) is 3.61. The number of nitrogens with zero attached hydrogens (tertiary/aromatic N) is 3. The van der Waals surface area contributed by atoms with Crippen LogP contribution in [0.3, 0.4) is 0 Å². The number of pyridine rings is 1.